The van der Waals surface area contributed by atoms with Crippen LogP contribution in [0.25, 0.3) is 11.1 Å². The van der Waals surface area contributed by atoms with E-state index in [1.165, 1.54) is 0 Å². The molecule has 1 amide bonds. The van der Waals surface area contributed by atoms with Gasteiger partial charge in [0.25, 0.3) is 5.91 Å². The van der Waals surface area contributed by atoms with Crippen LogP contribution in [0.3, 0.4) is 0 Å². The monoisotopic (exact) mass is 220 g/mol. The Morgan fingerprint density at radius 1 is 1.50 bits per heavy atom. The summed E-state index contributed by atoms with van der Waals surface area (Å²) in [7, 11) is 0. The molecule has 0 bridgehead atoms. The van der Waals surface area contributed by atoms with Gasteiger partial charge in [-0.25, -0.2) is 4.79 Å². The smallest absolute Gasteiger partial charge is 0.408 e. The molecule has 6 heteroatoms. The molecule has 0 aliphatic carbocycles. The minimum Gasteiger partial charge on any atom is -0.408 e. The standard InChI is InChI=1S/C10H8N2O4/c13-5-9(14)11-4-6-1-2-7-8(3-6)16-10(15)12-7/h1-3,5H,4H2,(H,11,14)(H,12,15). The zero-order chi connectivity index (χ0) is 11.5. The van der Waals surface area contributed by atoms with Crippen LogP contribution in [0.15, 0.2) is 27.4 Å². The third-order valence-corrected chi connectivity index (χ3v) is 2.06. The minimum atomic E-state index is -0.685. The fourth-order valence-corrected chi connectivity index (χ4v) is 1.33. The predicted molar refractivity (Wildman–Crippen MR) is 54.7 cm³/mol. The van der Waals surface area contributed by atoms with Crippen molar-refractivity contribution in [3.63, 3.8) is 0 Å². The largest absolute Gasteiger partial charge is 0.417 e. The number of carbonyl (C=O) groups excluding carboxylic acids is 2. The van der Waals surface area contributed by atoms with Gasteiger partial charge in [0, 0.05) is 6.54 Å². The van der Waals surface area contributed by atoms with E-state index in [0.29, 0.717) is 11.1 Å². The van der Waals surface area contributed by atoms with Crippen molar-refractivity contribution < 1.29 is 14.0 Å². The van der Waals surface area contributed by atoms with Crippen molar-refractivity contribution >= 4 is 23.3 Å². The number of fused-ring (bicyclic) bond motifs is 1. The zero-order valence-electron chi connectivity index (χ0n) is 8.15. The summed E-state index contributed by atoms with van der Waals surface area (Å²) in [6, 6.07) is 5.01. The first-order chi connectivity index (χ1) is 7.69. The van der Waals surface area contributed by atoms with E-state index in [0.717, 1.165) is 5.56 Å². The van der Waals surface area contributed by atoms with Crippen LogP contribution in [0.5, 0.6) is 0 Å². The first kappa shape index (κ1) is 10.2. The maximum atomic E-state index is 10.9. The van der Waals surface area contributed by atoms with Crippen molar-refractivity contribution in [2.45, 2.75) is 6.54 Å². The number of benzene rings is 1. The zero-order valence-corrected chi connectivity index (χ0v) is 8.15. The van der Waals surface area contributed by atoms with Gasteiger partial charge in [-0.2, -0.15) is 0 Å². The van der Waals surface area contributed by atoms with Crippen LogP contribution in [0.4, 0.5) is 0 Å². The third-order valence-electron chi connectivity index (χ3n) is 2.06. The van der Waals surface area contributed by atoms with Gasteiger partial charge < -0.3 is 9.73 Å². The SMILES string of the molecule is O=CC(=O)NCc1ccc2[nH]c(=O)oc2c1. The highest BCUT2D eigenvalue weighted by Crippen LogP contribution is 2.11. The van der Waals surface area contributed by atoms with Gasteiger partial charge in [0.2, 0.25) is 6.29 Å². The molecule has 1 aromatic carbocycles. The van der Waals surface area contributed by atoms with Gasteiger partial charge >= 0.3 is 5.76 Å². The number of rotatable bonds is 3. The van der Waals surface area contributed by atoms with E-state index in [-0.39, 0.29) is 12.8 Å². The summed E-state index contributed by atoms with van der Waals surface area (Å²) >= 11 is 0. The van der Waals surface area contributed by atoms with Gasteiger partial charge in [0.05, 0.1) is 5.52 Å². The highest BCUT2D eigenvalue weighted by molar-refractivity contribution is 6.23. The molecule has 0 aliphatic rings. The van der Waals surface area contributed by atoms with E-state index in [4.69, 9.17) is 4.42 Å². The van der Waals surface area contributed by atoms with Crippen molar-refractivity contribution in [3.8, 4) is 0 Å². The molecule has 0 atom stereocenters. The molecule has 16 heavy (non-hydrogen) atoms. The molecule has 2 N–H and O–H groups in total. The Morgan fingerprint density at radius 3 is 3.06 bits per heavy atom. The molecule has 0 saturated carbocycles. The van der Waals surface area contributed by atoms with Gasteiger partial charge in [-0.3, -0.25) is 14.6 Å². The van der Waals surface area contributed by atoms with Crippen molar-refractivity contribution in [1.82, 2.24) is 10.3 Å². The molecule has 0 aliphatic heterocycles. The first-order valence-electron chi connectivity index (χ1n) is 4.54. The van der Waals surface area contributed by atoms with E-state index in [1.807, 2.05) is 0 Å². The van der Waals surface area contributed by atoms with Gasteiger partial charge in [-0.1, -0.05) is 6.07 Å². The lowest BCUT2D eigenvalue weighted by Crippen LogP contribution is -2.23. The number of hydrogen-bond acceptors (Lipinski definition) is 4. The number of aromatic amines is 1. The molecule has 0 radical (unpaired) electrons. The Morgan fingerprint density at radius 2 is 2.31 bits per heavy atom. The molecule has 0 saturated heterocycles. The maximum Gasteiger partial charge on any atom is 0.417 e. The molecule has 0 fully saturated rings. The Kier molecular flexibility index (Phi) is 2.55. The van der Waals surface area contributed by atoms with E-state index in [1.54, 1.807) is 18.2 Å². The second-order valence-corrected chi connectivity index (χ2v) is 3.18. The molecule has 1 aromatic heterocycles. The number of hydrogen-bond donors (Lipinski definition) is 2. The average Bonchev–Trinajstić information content (AvgIpc) is 2.65. The van der Waals surface area contributed by atoms with Crippen LogP contribution in [0.2, 0.25) is 0 Å². The van der Waals surface area contributed by atoms with Crippen LogP contribution in [-0.4, -0.2) is 17.2 Å². The summed E-state index contributed by atoms with van der Waals surface area (Å²) in [6.45, 7) is 0.211. The number of aldehydes is 1. The quantitative estimate of drug-likeness (QED) is 0.559. The van der Waals surface area contributed by atoms with Crippen molar-refractivity contribution in [2.24, 2.45) is 0 Å². The summed E-state index contributed by atoms with van der Waals surface area (Å²) in [5, 5.41) is 2.38. The maximum absolute atomic E-state index is 10.9. The fraction of sp³-hybridized carbons (Fsp3) is 0.100. The summed E-state index contributed by atoms with van der Waals surface area (Å²) in [5.41, 5.74) is 1.75. The fourth-order valence-electron chi connectivity index (χ4n) is 1.33. The normalized spacial score (nSPS) is 10.2. The number of carbonyl (C=O) groups is 2. The predicted octanol–water partition coefficient (Wildman–Crippen LogP) is -0.0638. The van der Waals surface area contributed by atoms with Crippen LogP contribution in [-0.2, 0) is 16.1 Å². The lowest BCUT2D eigenvalue weighted by Gasteiger charge is -2.00. The second-order valence-electron chi connectivity index (χ2n) is 3.18. The third kappa shape index (κ3) is 2.00. The van der Waals surface area contributed by atoms with Gasteiger partial charge in [-0.05, 0) is 17.7 Å². The molecular weight excluding hydrogens is 212 g/mol. The number of amides is 1. The number of aromatic nitrogens is 1. The minimum absolute atomic E-state index is 0.203. The van der Waals surface area contributed by atoms with E-state index < -0.39 is 11.7 Å². The molecule has 82 valence electrons. The van der Waals surface area contributed by atoms with Crippen molar-refractivity contribution in [3.05, 3.63) is 34.3 Å². The van der Waals surface area contributed by atoms with Crippen LogP contribution in [0.1, 0.15) is 5.56 Å². The van der Waals surface area contributed by atoms with E-state index >= 15 is 0 Å². The van der Waals surface area contributed by atoms with Crippen molar-refractivity contribution in [2.75, 3.05) is 0 Å². The topological polar surface area (TPSA) is 92.2 Å². The number of nitrogens with one attached hydrogen (secondary N) is 2. The molecule has 0 spiro atoms. The summed E-state index contributed by atoms with van der Waals surface area (Å²) < 4.78 is 4.85. The Balaban J connectivity index is 2.22. The highest BCUT2D eigenvalue weighted by Gasteiger charge is 2.03. The van der Waals surface area contributed by atoms with Gasteiger partial charge in [0.1, 0.15) is 0 Å². The van der Waals surface area contributed by atoms with Gasteiger partial charge in [-0.15, -0.1) is 0 Å². The molecular formula is C10H8N2O4. The average molecular weight is 220 g/mol. The summed E-state index contributed by atoms with van der Waals surface area (Å²) in [4.78, 5) is 34.1. The Bertz CT molecular complexity index is 596. The Labute approximate surface area is 89.3 Å². The molecule has 0 unspecified atom stereocenters. The second kappa shape index (κ2) is 4.01. The van der Waals surface area contributed by atoms with Crippen LogP contribution < -0.4 is 11.1 Å². The van der Waals surface area contributed by atoms with Crippen LogP contribution >= 0.6 is 0 Å². The number of oxazole rings is 1. The Hall–Kier alpha value is -2.37. The number of H-pyrrole nitrogens is 1. The lowest BCUT2D eigenvalue weighted by atomic mass is 10.2. The first-order valence-corrected chi connectivity index (χ1v) is 4.54. The summed E-state index contributed by atoms with van der Waals surface area (Å²) in [6.07, 6.45) is 0.203. The van der Waals surface area contributed by atoms with Crippen molar-refractivity contribution in [1.29, 1.82) is 0 Å². The summed E-state index contributed by atoms with van der Waals surface area (Å²) in [5.74, 6) is -1.21. The highest BCUT2D eigenvalue weighted by atomic mass is 16.4. The molecule has 1 heterocycles. The van der Waals surface area contributed by atoms with Gasteiger partial charge in [0.15, 0.2) is 5.58 Å². The molecule has 6 nitrogen and oxygen atoms in total. The van der Waals surface area contributed by atoms with Crippen LogP contribution in [0, 0.1) is 0 Å². The van der Waals surface area contributed by atoms with E-state index in [2.05, 4.69) is 10.3 Å². The molecule has 2 rings (SSSR count). The van der Waals surface area contributed by atoms with E-state index in [9.17, 15) is 14.4 Å². The lowest BCUT2D eigenvalue weighted by molar-refractivity contribution is -0.131. The molecule has 2 aromatic rings.